The monoisotopic (exact) mass is 373 g/mol. The van der Waals surface area contributed by atoms with Crippen LogP contribution in [0.4, 0.5) is 0 Å². The summed E-state index contributed by atoms with van der Waals surface area (Å²) in [5.74, 6) is -0.390. The van der Waals surface area contributed by atoms with Gasteiger partial charge in [-0.15, -0.1) is 0 Å². The molecule has 5 nitrogen and oxygen atoms in total. The number of hydrogen-bond acceptors (Lipinski definition) is 4. The van der Waals surface area contributed by atoms with Crippen LogP contribution in [0.5, 0.6) is 0 Å². The molecule has 0 saturated heterocycles. The largest absolute Gasteiger partial charge is 0.466 e. The standard InChI is InChI=1S/C20H23NO4S/c1-3-25-20(22)14-18-17-10-6-5-9-16(17)12-13-21(18)26(23,24)19-11-7-4-8-15(19)2/h4-11,18H,3,12-14H2,1-2H3/t18-/m0/s1. The van der Waals surface area contributed by atoms with Gasteiger partial charge in [-0.05, 0) is 43.0 Å². The van der Waals surface area contributed by atoms with Gasteiger partial charge in [-0.2, -0.15) is 4.31 Å². The smallest absolute Gasteiger partial charge is 0.307 e. The SMILES string of the molecule is CCOC(=O)C[C@H]1c2ccccc2CCN1S(=O)(=O)c1ccccc1C. The molecule has 0 aromatic heterocycles. The van der Waals surface area contributed by atoms with Crippen LogP contribution in [0.15, 0.2) is 53.4 Å². The molecule has 2 aromatic carbocycles. The van der Waals surface area contributed by atoms with Gasteiger partial charge in [0.15, 0.2) is 0 Å². The van der Waals surface area contributed by atoms with Crippen molar-refractivity contribution in [3.63, 3.8) is 0 Å². The van der Waals surface area contributed by atoms with Crippen LogP contribution in [0.2, 0.25) is 0 Å². The van der Waals surface area contributed by atoms with Gasteiger partial charge in [0.1, 0.15) is 0 Å². The third-order valence-corrected chi connectivity index (χ3v) is 6.78. The summed E-state index contributed by atoms with van der Waals surface area (Å²) in [6, 6.07) is 14.1. The topological polar surface area (TPSA) is 63.7 Å². The van der Waals surface area contributed by atoms with E-state index in [1.807, 2.05) is 30.3 Å². The molecular formula is C20H23NO4S. The number of ether oxygens (including phenoxy) is 1. The Hall–Kier alpha value is -2.18. The second-order valence-corrected chi connectivity index (χ2v) is 8.21. The minimum Gasteiger partial charge on any atom is -0.466 e. The first-order valence-corrected chi connectivity index (χ1v) is 10.2. The van der Waals surface area contributed by atoms with E-state index in [2.05, 4.69) is 0 Å². The van der Waals surface area contributed by atoms with Gasteiger partial charge in [0.2, 0.25) is 10.0 Å². The van der Waals surface area contributed by atoms with E-state index in [0.29, 0.717) is 18.5 Å². The normalized spacial score (nSPS) is 17.5. The first kappa shape index (κ1) is 18.6. The number of nitrogens with zero attached hydrogens (tertiary/aromatic N) is 1. The van der Waals surface area contributed by atoms with Crippen LogP contribution in [-0.2, 0) is 26.0 Å². The molecule has 0 radical (unpaired) electrons. The van der Waals surface area contributed by atoms with Crippen molar-refractivity contribution in [1.29, 1.82) is 0 Å². The van der Waals surface area contributed by atoms with Crippen molar-refractivity contribution in [3.05, 3.63) is 65.2 Å². The average Bonchev–Trinajstić information content (AvgIpc) is 2.62. The second kappa shape index (κ2) is 7.60. The maximum absolute atomic E-state index is 13.3. The number of carbonyl (C=O) groups is 1. The highest BCUT2D eigenvalue weighted by Crippen LogP contribution is 2.37. The Labute approximate surface area is 154 Å². The molecule has 0 bridgehead atoms. The summed E-state index contributed by atoms with van der Waals surface area (Å²) < 4.78 is 33.2. The number of rotatable bonds is 5. The van der Waals surface area contributed by atoms with Crippen LogP contribution in [0, 0.1) is 6.92 Å². The Morgan fingerprint density at radius 1 is 1.15 bits per heavy atom. The molecule has 1 atom stereocenters. The lowest BCUT2D eigenvalue weighted by molar-refractivity contribution is -0.144. The van der Waals surface area contributed by atoms with Gasteiger partial charge in [-0.1, -0.05) is 42.5 Å². The molecule has 1 heterocycles. The summed E-state index contributed by atoms with van der Waals surface area (Å²) in [5, 5.41) is 0. The number of aryl methyl sites for hydroxylation is 1. The van der Waals surface area contributed by atoms with Crippen LogP contribution in [0.1, 0.15) is 36.1 Å². The van der Waals surface area contributed by atoms with Crippen molar-refractivity contribution < 1.29 is 17.9 Å². The summed E-state index contributed by atoms with van der Waals surface area (Å²) in [7, 11) is -3.72. The number of esters is 1. The molecule has 0 aliphatic carbocycles. The lowest BCUT2D eigenvalue weighted by Crippen LogP contribution is -2.41. The molecular weight excluding hydrogens is 350 g/mol. The molecule has 3 rings (SSSR count). The lowest BCUT2D eigenvalue weighted by Gasteiger charge is -2.36. The Kier molecular flexibility index (Phi) is 5.44. The minimum atomic E-state index is -3.72. The number of sulfonamides is 1. The van der Waals surface area contributed by atoms with E-state index in [1.165, 1.54) is 4.31 Å². The zero-order chi connectivity index (χ0) is 18.7. The van der Waals surface area contributed by atoms with Gasteiger partial charge in [-0.3, -0.25) is 4.79 Å². The zero-order valence-corrected chi connectivity index (χ0v) is 15.8. The number of fused-ring (bicyclic) bond motifs is 1. The highest BCUT2D eigenvalue weighted by atomic mass is 32.2. The van der Waals surface area contributed by atoms with E-state index in [4.69, 9.17) is 4.74 Å². The molecule has 6 heteroatoms. The molecule has 0 N–H and O–H groups in total. The fraction of sp³-hybridized carbons (Fsp3) is 0.350. The van der Waals surface area contributed by atoms with Gasteiger partial charge < -0.3 is 4.74 Å². The highest BCUT2D eigenvalue weighted by molar-refractivity contribution is 7.89. The van der Waals surface area contributed by atoms with E-state index >= 15 is 0 Å². The molecule has 138 valence electrons. The average molecular weight is 373 g/mol. The maximum atomic E-state index is 13.3. The molecule has 0 saturated carbocycles. The van der Waals surface area contributed by atoms with Gasteiger partial charge in [0.25, 0.3) is 0 Å². The Balaban J connectivity index is 2.04. The third kappa shape index (κ3) is 3.52. The second-order valence-electron chi connectivity index (χ2n) is 6.36. The maximum Gasteiger partial charge on any atom is 0.307 e. The van der Waals surface area contributed by atoms with Crippen LogP contribution >= 0.6 is 0 Å². The van der Waals surface area contributed by atoms with E-state index in [1.54, 1.807) is 32.0 Å². The van der Waals surface area contributed by atoms with Crippen molar-refractivity contribution in [3.8, 4) is 0 Å². The van der Waals surface area contributed by atoms with Gasteiger partial charge in [-0.25, -0.2) is 8.42 Å². The molecule has 2 aromatic rings. The fourth-order valence-electron chi connectivity index (χ4n) is 3.48. The van der Waals surface area contributed by atoms with Crippen molar-refractivity contribution in [1.82, 2.24) is 4.31 Å². The van der Waals surface area contributed by atoms with Gasteiger partial charge in [0.05, 0.1) is 24.0 Å². The summed E-state index contributed by atoms with van der Waals surface area (Å²) in [5.41, 5.74) is 2.66. The van der Waals surface area contributed by atoms with E-state index < -0.39 is 16.1 Å². The van der Waals surface area contributed by atoms with Crippen LogP contribution in [0.3, 0.4) is 0 Å². The summed E-state index contributed by atoms with van der Waals surface area (Å²) >= 11 is 0. The third-order valence-electron chi connectivity index (χ3n) is 4.71. The number of hydrogen-bond donors (Lipinski definition) is 0. The van der Waals surface area contributed by atoms with Gasteiger partial charge >= 0.3 is 5.97 Å². The first-order chi connectivity index (χ1) is 12.4. The Morgan fingerprint density at radius 3 is 2.58 bits per heavy atom. The van der Waals surface area contributed by atoms with E-state index in [9.17, 15) is 13.2 Å². The van der Waals surface area contributed by atoms with E-state index in [0.717, 1.165) is 11.1 Å². The highest BCUT2D eigenvalue weighted by Gasteiger charge is 2.38. The molecule has 1 aliphatic rings. The predicted octanol–water partition coefficient (Wildman–Crippen LogP) is 3.24. The van der Waals surface area contributed by atoms with Crippen molar-refractivity contribution in [2.24, 2.45) is 0 Å². The molecule has 0 fully saturated rings. The van der Waals surface area contributed by atoms with Crippen molar-refractivity contribution >= 4 is 16.0 Å². The van der Waals surface area contributed by atoms with Crippen molar-refractivity contribution in [2.45, 2.75) is 37.6 Å². The molecule has 26 heavy (non-hydrogen) atoms. The Morgan fingerprint density at radius 2 is 1.85 bits per heavy atom. The predicted molar refractivity (Wildman–Crippen MR) is 99.2 cm³/mol. The first-order valence-electron chi connectivity index (χ1n) is 8.76. The Bertz CT molecular complexity index is 908. The minimum absolute atomic E-state index is 0.00989. The van der Waals surface area contributed by atoms with Gasteiger partial charge in [0, 0.05) is 6.54 Å². The summed E-state index contributed by atoms with van der Waals surface area (Å²) in [6.45, 7) is 4.15. The quantitative estimate of drug-likeness (QED) is 0.755. The summed E-state index contributed by atoms with van der Waals surface area (Å²) in [6.07, 6.45) is 0.635. The fourth-order valence-corrected chi connectivity index (χ4v) is 5.31. The zero-order valence-electron chi connectivity index (χ0n) is 15.0. The van der Waals surface area contributed by atoms with Crippen molar-refractivity contribution in [2.75, 3.05) is 13.2 Å². The number of benzene rings is 2. The molecule has 1 aliphatic heterocycles. The number of carbonyl (C=O) groups excluding carboxylic acids is 1. The lowest BCUT2D eigenvalue weighted by atomic mass is 9.92. The summed E-state index contributed by atoms with van der Waals surface area (Å²) in [4.78, 5) is 12.4. The molecule has 0 amide bonds. The molecule has 0 unspecified atom stereocenters. The van der Waals surface area contributed by atoms with Crippen LogP contribution in [-0.4, -0.2) is 31.8 Å². The van der Waals surface area contributed by atoms with Crippen LogP contribution < -0.4 is 0 Å². The molecule has 0 spiro atoms. The van der Waals surface area contributed by atoms with Crippen LogP contribution in [0.25, 0.3) is 0 Å². The van der Waals surface area contributed by atoms with E-state index in [-0.39, 0.29) is 23.9 Å².